The highest BCUT2D eigenvalue weighted by molar-refractivity contribution is 7.92. The van der Waals surface area contributed by atoms with Crippen LogP contribution in [0.25, 0.3) is 0 Å². The molecule has 1 heterocycles. The molecule has 4 rings (SSSR count). The molecule has 2 aromatic carbocycles. The zero-order valence-corrected chi connectivity index (χ0v) is 15.1. The van der Waals surface area contributed by atoms with Crippen molar-refractivity contribution in [1.29, 1.82) is 0 Å². The highest BCUT2D eigenvalue weighted by Gasteiger charge is 2.42. The third-order valence-electron chi connectivity index (χ3n) is 4.53. The maximum Gasteiger partial charge on any atom is 0.263 e. The van der Waals surface area contributed by atoms with E-state index in [0.717, 1.165) is 25.7 Å². The van der Waals surface area contributed by atoms with E-state index in [-0.39, 0.29) is 9.92 Å². The van der Waals surface area contributed by atoms with E-state index < -0.39 is 15.8 Å². The first-order valence-electron chi connectivity index (χ1n) is 8.27. The SMILES string of the molecule is O=S(=O)(Nc1ccc2c(c1)OC1(CCCCC1)O2)c1ccccc1Cl. The van der Waals surface area contributed by atoms with Gasteiger partial charge in [-0.15, -0.1) is 0 Å². The molecule has 0 radical (unpaired) electrons. The molecule has 1 spiro atoms. The molecule has 1 N–H and O–H groups in total. The fourth-order valence-electron chi connectivity index (χ4n) is 3.32. The lowest BCUT2D eigenvalue weighted by atomic mass is 9.94. The number of rotatable bonds is 3. The Bertz CT molecular complexity index is 907. The Morgan fingerprint density at radius 3 is 2.44 bits per heavy atom. The van der Waals surface area contributed by atoms with Gasteiger partial charge in [0.1, 0.15) is 4.90 Å². The Hall–Kier alpha value is -1.92. The number of benzene rings is 2. The number of fused-ring (bicyclic) bond motifs is 1. The highest BCUT2D eigenvalue weighted by atomic mass is 35.5. The maximum absolute atomic E-state index is 12.6. The molecular formula is C18H18ClNO4S. The number of ether oxygens (including phenoxy) is 2. The van der Waals surface area contributed by atoms with Crippen LogP contribution in [0.3, 0.4) is 0 Å². The van der Waals surface area contributed by atoms with E-state index in [1.54, 1.807) is 36.4 Å². The number of nitrogens with one attached hydrogen (secondary N) is 1. The first-order chi connectivity index (χ1) is 12.0. The van der Waals surface area contributed by atoms with Gasteiger partial charge in [-0.1, -0.05) is 30.2 Å². The van der Waals surface area contributed by atoms with Crippen molar-refractivity contribution in [2.75, 3.05) is 4.72 Å². The minimum Gasteiger partial charge on any atom is -0.448 e. The summed E-state index contributed by atoms with van der Waals surface area (Å²) in [4.78, 5) is 0.0399. The predicted octanol–water partition coefficient (Wildman–Crippen LogP) is 4.57. The molecule has 1 aliphatic carbocycles. The van der Waals surface area contributed by atoms with Crippen molar-refractivity contribution >= 4 is 27.3 Å². The highest BCUT2D eigenvalue weighted by Crippen LogP contribution is 2.46. The normalized spacial score (nSPS) is 18.3. The van der Waals surface area contributed by atoms with Gasteiger partial charge in [-0.25, -0.2) is 8.42 Å². The molecule has 2 aliphatic rings. The zero-order valence-electron chi connectivity index (χ0n) is 13.5. The van der Waals surface area contributed by atoms with Gasteiger partial charge in [-0.2, -0.15) is 0 Å². The number of hydrogen-bond acceptors (Lipinski definition) is 4. The molecule has 2 aromatic rings. The predicted molar refractivity (Wildman–Crippen MR) is 95.8 cm³/mol. The molecule has 5 nitrogen and oxygen atoms in total. The summed E-state index contributed by atoms with van der Waals surface area (Å²) in [5.41, 5.74) is 0.412. The molecule has 0 atom stereocenters. The summed E-state index contributed by atoms with van der Waals surface area (Å²) < 4.78 is 39.7. The van der Waals surface area contributed by atoms with Gasteiger partial charge in [0.15, 0.2) is 11.5 Å². The number of halogens is 1. The summed E-state index contributed by atoms with van der Waals surface area (Å²) in [6.45, 7) is 0. The minimum absolute atomic E-state index is 0.0399. The summed E-state index contributed by atoms with van der Waals surface area (Å²) in [6.07, 6.45) is 5.03. The van der Waals surface area contributed by atoms with Gasteiger partial charge in [-0.05, 0) is 37.1 Å². The molecule has 1 fully saturated rings. The Labute approximate surface area is 152 Å². The van der Waals surface area contributed by atoms with Crippen LogP contribution in [0.15, 0.2) is 47.4 Å². The van der Waals surface area contributed by atoms with Crippen LogP contribution in [-0.4, -0.2) is 14.2 Å². The topological polar surface area (TPSA) is 64.6 Å². The summed E-state index contributed by atoms with van der Waals surface area (Å²) in [5, 5.41) is 0.178. The van der Waals surface area contributed by atoms with Crippen molar-refractivity contribution in [2.24, 2.45) is 0 Å². The summed E-state index contributed by atoms with van der Waals surface area (Å²) in [7, 11) is -3.77. The molecule has 1 saturated carbocycles. The molecule has 0 saturated heterocycles. The van der Waals surface area contributed by atoms with E-state index in [1.807, 2.05) is 0 Å². The molecule has 0 amide bonds. The average molecular weight is 380 g/mol. The van der Waals surface area contributed by atoms with Crippen molar-refractivity contribution in [1.82, 2.24) is 0 Å². The molecule has 0 aromatic heterocycles. The second kappa shape index (κ2) is 6.11. The van der Waals surface area contributed by atoms with Crippen LogP contribution in [0.4, 0.5) is 5.69 Å². The first kappa shape index (κ1) is 16.5. The summed E-state index contributed by atoms with van der Waals surface area (Å²) >= 11 is 6.00. The van der Waals surface area contributed by atoms with Crippen molar-refractivity contribution in [3.8, 4) is 11.5 Å². The molecule has 132 valence electrons. The summed E-state index contributed by atoms with van der Waals surface area (Å²) in [6, 6.07) is 11.4. The number of sulfonamides is 1. The van der Waals surface area contributed by atoms with Crippen LogP contribution in [0, 0.1) is 0 Å². The lowest BCUT2D eigenvalue weighted by Gasteiger charge is -2.31. The standard InChI is InChI=1S/C18H18ClNO4S/c19-14-6-2-3-7-17(14)25(21,22)20-13-8-9-15-16(12-13)24-18(23-15)10-4-1-5-11-18/h2-3,6-9,12,20H,1,4-5,10-11H2. The first-order valence-corrected chi connectivity index (χ1v) is 10.1. The average Bonchev–Trinajstić information content (AvgIpc) is 2.92. The van der Waals surface area contributed by atoms with Crippen molar-refractivity contribution < 1.29 is 17.9 Å². The fourth-order valence-corrected chi connectivity index (χ4v) is 4.89. The third kappa shape index (κ3) is 3.16. The quantitative estimate of drug-likeness (QED) is 0.848. The van der Waals surface area contributed by atoms with Crippen LogP contribution in [0.5, 0.6) is 11.5 Å². The van der Waals surface area contributed by atoms with Crippen LogP contribution >= 0.6 is 11.6 Å². The van der Waals surface area contributed by atoms with Crippen molar-refractivity contribution in [3.63, 3.8) is 0 Å². The van der Waals surface area contributed by atoms with Gasteiger partial charge in [0.25, 0.3) is 15.8 Å². The molecule has 1 aliphatic heterocycles. The van der Waals surface area contributed by atoms with E-state index >= 15 is 0 Å². The number of hydrogen-bond donors (Lipinski definition) is 1. The molecule has 25 heavy (non-hydrogen) atoms. The van der Waals surface area contributed by atoms with Crippen LogP contribution in [0.2, 0.25) is 5.02 Å². The van der Waals surface area contributed by atoms with Crippen LogP contribution in [0.1, 0.15) is 32.1 Å². The number of anilines is 1. The van der Waals surface area contributed by atoms with Crippen LogP contribution < -0.4 is 14.2 Å². The Kier molecular flexibility index (Phi) is 4.04. The van der Waals surface area contributed by atoms with Gasteiger partial charge < -0.3 is 9.47 Å². The van der Waals surface area contributed by atoms with Gasteiger partial charge in [0.05, 0.1) is 10.7 Å². The fraction of sp³-hybridized carbons (Fsp3) is 0.333. The smallest absolute Gasteiger partial charge is 0.263 e. The van der Waals surface area contributed by atoms with Gasteiger partial charge in [-0.3, -0.25) is 4.72 Å². The lowest BCUT2D eigenvalue weighted by molar-refractivity contribution is -0.105. The van der Waals surface area contributed by atoms with Gasteiger partial charge in [0, 0.05) is 18.9 Å². The maximum atomic E-state index is 12.6. The van der Waals surface area contributed by atoms with E-state index in [4.69, 9.17) is 21.1 Å². The second-order valence-corrected chi connectivity index (χ2v) is 8.43. The van der Waals surface area contributed by atoms with Crippen molar-refractivity contribution in [3.05, 3.63) is 47.5 Å². The zero-order chi connectivity index (χ0) is 17.5. The Balaban J connectivity index is 1.58. The van der Waals surface area contributed by atoms with Crippen molar-refractivity contribution in [2.45, 2.75) is 42.8 Å². The van der Waals surface area contributed by atoms with E-state index in [1.165, 1.54) is 12.5 Å². The largest absolute Gasteiger partial charge is 0.448 e. The second-order valence-electron chi connectivity index (χ2n) is 6.37. The van der Waals surface area contributed by atoms with E-state index in [0.29, 0.717) is 17.2 Å². The monoisotopic (exact) mass is 379 g/mol. The Morgan fingerprint density at radius 2 is 1.68 bits per heavy atom. The van der Waals surface area contributed by atoms with Gasteiger partial charge in [0.2, 0.25) is 0 Å². The molecular weight excluding hydrogens is 362 g/mol. The molecule has 0 bridgehead atoms. The van der Waals surface area contributed by atoms with Gasteiger partial charge >= 0.3 is 0 Å². The Morgan fingerprint density at radius 1 is 0.960 bits per heavy atom. The third-order valence-corrected chi connectivity index (χ3v) is 6.41. The minimum atomic E-state index is -3.77. The van der Waals surface area contributed by atoms with Crippen LogP contribution in [-0.2, 0) is 10.0 Å². The van der Waals surface area contributed by atoms with E-state index in [2.05, 4.69) is 4.72 Å². The summed E-state index contributed by atoms with van der Waals surface area (Å²) in [5.74, 6) is 0.643. The molecule has 7 heteroatoms. The molecule has 0 unspecified atom stereocenters. The lowest BCUT2D eigenvalue weighted by Crippen LogP contribution is -2.40. The van der Waals surface area contributed by atoms with E-state index in [9.17, 15) is 8.42 Å².